The normalized spacial score (nSPS) is 12.5. The van der Waals surface area contributed by atoms with Crippen molar-refractivity contribution in [2.24, 2.45) is 0 Å². The molecule has 2 aromatic rings. The van der Waals surface area contributed by atoms with Crippen molar-refractivity contribution < 1.29 is 0 Å². The zero-order valence-electron chi connectivity index (χ0n) is 12.2. The Kier molecular flexibility index (Phi) is 4.74. The van der Waals surface area contributed by atoms with E-state index in [1.165, 1.54) is 11.1 Å². The molecule has 20 heavy (non-hydrogen) atoms. The van der Waals surface area contributed by atoms with Crippen molar-refractivity contribution in [1.82, 2.24) is 5.32 Å². The van der Waals surface area contributed by atoms with Gasteiger partial charge in [-0.1, -0.05) is 41.4 Å². The van der Waals surface area contributed by atoms with Crippen LogP contribution in [0.15, 0.2) is 30.3 Å². The number of benzene rings is 2. The van der Waals surface area contributed by atoms with Crippen LogP contribution in [0.4, 0.5) is 0 Å². The molecule has 0 aromatic heterocycles. The van der Waals surface area contributed by atoms with Crippen molar-refractivity contribution >= 4 is 23.2 Å². The minimum absolute atomic E-state index is 0.0421. The molecule has 1 nitrogen and oxygen atoms in total. The van der Waals surface area contributed by atoms with Crippen LogP contribution < -0.4 is 5.32 Å². The Balaban J connectivity index is 2.58. The van der Waals surface area contributed by atoms with Crippen LogP contribution in [0.2, 0.25) is 10.0 Å². The molecule has 0 spiro atoms. The van der Waals surface area contributed by atoms with Crippen LogP contribution in [0, 0.1) is 20.8 Å². The van der Waals surface area contributed by atoms with Crippen LogP contribution in [0.25, 0.3) is 0 Å². The number of rotatable bonds is 3. The molecule has 1 unspecified atom stereocenters. The summed E-state index contributed by atoms with van der Waals surface area (Å²) in [7, 11) is 1.94. The highest BCUT2D eigenvalue weighted by Crippen LogP contribution is 2.33. The first-order valence-electron chi connectivity index (χ1n) is 6.64. The summed E-state index contributed by atoms with van der Waals surface area (Å²) in [6.45, 7) is 6.22. The van der Waals surface area contributed by atoms with E-state index < -0.39 is 0 Å². The summed E-state index contributed by atoms with van der Waals surface area (Å²) >= 11 is 12.7. The first-order valence-corrected chi connectivity index (χ1v) is 7.40. The van der Waals surface area contributed by atoms with Crippen molar-refractivity contribution in [2.45, 2.75) is 26.8 Å². The van der Waals surface area contributed by atoms with E-state index in [-0.39, 0.29) is 6.04 Å². The number of halogens is 2. The molecule has 0 saturated heterocycles. The molecule has 0 aliphatic carbocycles. The predicted octanol–water partition coefficient (Wildman–Crippen LogP) is 5.23. The number of aryl methyl sites for hydroxylation is 2. The standard InChI is InChI=1S/C17H19Cl2N/c1-10-8-14(16(19)9-11(10)2)17(20-4)13-6-5-7-15(18)12(13)3/h5-9,17,20H,1-4H3. The Morgan fingerprint density at radius 1 is 0.900 bits per heavy atom. The molecule has 0 amide bonds. The van der Waals surface area contributed by atoms with Crippen molar-refractivity contribution in [3.63, 3.8) is 0 Å². The van der Waals surface area contributed by atoms with Gasteiger partial charge in [0.1, 0.15) is 0 Å². The maximum absolute atomic E-state index is 6.44. The summed E-state index contributed by atoms with van der Waals surface area (Å²) in [6, 6.07) is 10.2. The first-order chi connectivity index (χ1) is 9.45. The molecule has 3 heteroatoms. The van der Waals surface area contributed by atoms with Crippen LogP contribution in [-0.4, -0.2) is 7.05 Å². The van der Waals surface area contributed by atoms with Crippen LogP contribution >= 0.6 is 23.2 Å². The van der Waals surface area contributed by atoms with Gasteiger partial charge in [0, 0.05) is 10.0 Å². The Morgan fingerprint density at radius 2 is 1.55 bits per heavy atom. The molecule has 0 fully saturated rings. The Morgan fingerprint density at radius 3 is 2.20 bits per heavy atom. The highest BCUT2D eigenvalue weighted by atomic mass is 35.5. The second kappa shape index (κ2) is 6.17. The summed E-state index contributed by atoms with van der Waals surface area (Å²) in [5.41, 5.74) is 5.77. The van der Waals surface area contributed by atoms with Gasteiger partial charge in [-0.3, -0.25) is 0 Å². The minimum atomic E-state index is 0.0421. The number of nitrogens with one attached hydrogen (secondary N) is 1. The Bertz CT molecular complexity index is 635. The van der Waals surface area contributed by atoms with Gasteiger partial charge in [0.05, 0.1) is 6.04 Å². The molecular formula is C17H19Cl2N. The van der Waals surface area contributed by atoms with E-state index in [1.54, 1.807) is 0 Å². The van der Waals surface area contributed by atoms with Crippen molar-refractivity contribution in [3.8, 4) is 0 Å². The number of hydrogen-bond donors (Lipinski definition) is 1. The number of hydrogen-bond acceptors (Lipinski definition) is 1. The maximum Gasteiger partial charge on any atom is 0.0592 e. The molecule has 1 N–H and O–H groups in total. The van der Waals surface area contributed by atoms with Crippen LogP contribution in [0.3, 0.4) is 0 Å². The topological polar surface area (TPSA) is 12.0 Å². The maximum atomic E-state index is 6.44. The van der Waals surface area contributed by atoms with Crippen LogP contribution in [-0.2, 0) is 0 Å². The van der Waals surface area contributed by atoms with Gasteiger partial charge in [0.2, 0.25) is 0 Å². The van der Waals surface area contributed by atoms with Crippen molar-refractivity contribution in [3.05, 3.63) is 68.2 Å². The predicted molar refractivity (Wildman–Crippen MR) is 88.0 cm³/mol. The quantitative estimate of drug-likeness (QED) is 0.819. The third-order valence-corrected chi connectivity index (χ3v) is 4.57. The first kappa shape index (κ1) is 15.4. The molecular weight excluding hydrogens is 289 g/mol. The highest BCUT2D eigenvalue weighted by molar-refractivity contribution is 6.32. The summed E-state index contributed by atoms with van der Waals surface area (Å²) in [6.07, 6.45) is 0. The van der Waals surface area contributed by atoms with Crippen molar-refractivity contribution in [2.75, 3.05) is 7.05 Å². The van der Waals surface area contributed by atoms with Gasteiger partial charge in [-0.15, -0.1) is 0 Å². The van der Waals surface area contributed by atoms with Crippen LogP contribution in [0.1, 0.15) is 33.9 Å². The molecule has 0 bridgehead atoms. The van der Waals surface area contributed by atoms with E-state index in [4.69, 9.17) is 23.2 Å². The van der Waals surface area contributed by atoms with E-state index in [0.717, 1.165) is 26.7 Å². The monoisotopic (exact) mass is 307 g/mol. The van der Waals surface area contributed by atoms with Gasteiger partial charge >= 0.3 is 0 Å². The van der Waals surface area contributed by atoms with Gasteiger partial charge < -0.3 is 5.32 Å². The summed E-state index contributed by atoms with van der Waals surface area (Å²) in [5, 5.41) is 4.91. The average molecular weight is 308 g/mol. The molecule has 106 valence electrons. The van der Waals surface area contributed by atoms with Gasteiger partial charge in [0.25, 0.3) is 0 Å². The van der Waals surface area contributed by atoms with E-state index in [1.807, 2.05) is 32.2 Å². The second-order valence-corrected chi connectivity index (χ2v) is 5.95. The van der Waals surface area contributed by atoms with E-state index in [2.05, 4.69) is 31.3 Å². The summed E-state index contributed by atoms with van der Waals surface area (Å²) in [5.74, 6) is 0. The second-order valence-electron chi connectivity index (χ2n) is 5.13. The summed E-state index contributed by atoms with van der Waals surface area (Å²) < 4.78 is 0. The smallest absolute Gasteiger partial charge is 0.0592 e. The van der Waals surface area contributed by atoms with E-state index in [0.29, 0.717) is 0 Å². The van der Waals surface area contributed by atoms with Gasteiger partial charge in [-0.25, -0.2) is 0 Å². The fourth-order valence-corrected chi connectivity index (χ4v) is 2.95. The zero-order chi connectivity index (χ0) is 14.9. The third-order valence-electron chi connectivity index (χ3n) is 3.83. The highest BCUT2D eigenvalue weighted by Gasteiger charge is 2.18. The van der Waals surface area contributed by atoms with Gasteiger partial charge in [-0.05, 0) is 67.8 Å². The Labute approximate surface area is 130 Å². The van der Waals surface area contributed by atoms with Crippen LogP contribution in [0.5, 0.6) is 0 Å². The van der Waals surface area contributed by atoms with E-state index in [9.17, 15) is 0 Å². The summed E-state index contributed by atoms with van der Waals surface area (Å²) in [4.78, 5) is 0. The lowest BCUT2D eigenvalue weighted by Crippen LogP contribution is -2.19. The molecule has 0 aliphatic heterocycles. The lowest BCUT2D eigenvalue weighted by molar-refractivity contribution is 0.687. The van der Waals surface area contributed by atoms with Crippen molar-refractivity contribution in [1.29, 1.82) is 0 Å². The molecule has 0 heterocycles. The molecule has 1 atom stereocenters. The lowest BCUT2D eigenvalue weighted by atomic mass is 9.93. The minimum Gasteiger partial charge on any atom is -0.309 e. The van der Waals surface area contributed by atoms with Gasteiger partial charge in [0.15, 0.2) is 0 Å². The third kappa shape index (κ3) is 2.85. The largest absolute Gasteiger partial charge is 0.309 e. The molecule has 0 radical (unpaired) electrons. The average Bonchev–Trinajstić information content (AvgIpc) is 2.41. The fourth-order valence-electron chi connectivity index (χ4n) is 2.44. The molecule has 0 aliphatic rings. The van der Waals surface area contributed by atoms with Gasteiger partial charge in [-0.2, -0.15) is 0 Å². The molecule has 2 rings (SSSR count). The lowest BCUT2D eigenvalue weighted by Gasteiger charge is -2.22. The molecule has 0 saturated carbocycles. The zero-order valence-corrected chi connectivity index (χ0v) is 13.7. The SMILES string of the molecule is CNC(c1cc(C)c(C)cc1Cl)c1cccc(Cl)c1C. The Hall–Kier alpha value is -1.02. The molecule has 2 aromatic carbocycles. The fraction of sp³-hybridized carbons (Fsp3) is 0.294. The van der Waals surface area contributed by atoms with E-state index >= 15 is 0 Å².